The molecule has 1 heterocycles. The summed E-state index contributed by atoms with van der Waals surface area (Å²) in [5.41, 5.74) is 15.2. The summed E-state index contributed by atoms with van der Waals surface area (Å²) in [7, 11) is 0. The van der Waals surface area contributed by atoms with Crippen LogP contribution in [-0.4, -0.2) is 15.0 Å². The molecular formula is C25H31N3. The van der Waals surface area contributed by atoms with Crippen molar-refractivity contribution >= 4 is 0 Å². The molecule has 0 saturated carbocycles. The van der Waals surface area contributed by atoms with Gasteiger partial charge < -0.3 is 0 Å². The summed E-state index contributed by atoms with van der Waals surface area (Å²) in [4.78, 5) is 14.1. The second-order valence-corrected chi connectivity index (χ2v) is 8.13. The maximum atomic E-state index is 4.96. The lowest BCUT2D eigenvalue weighted by Crippen LogP contribution is -2.06. The Morgan fingerprint density at radius 3 is 0.929 bits per heavy atom. The normalized spacial score (nSPS) is 11.2. The molecule has 2 aromatic carbocycles. The van der Waals surface area contributed by atoms with Gasteiger partial charge in [0.05, 0.1) is 0 Å². The van der Waals surface area contributed by atoms with Crippen LogP contribution in [0.4, 0.5) is 0 Å². The molecule has 0 bridgehead atoms. The monoisotopic (exact) mass is 373 g/mol. The fraction of sp³-hybridized carbons (Fsp3) is 0.400. The van der Waals surface area contributed by atoms with Crippen LogP contribution in [0.5, 0.6) is 0 Å². The number of hydrogen-bond acceptors (Lipinski definition) is 3. The number of benzene rings is 2. The van der Waals surface area contributed by atoms with Crippen LogP contribution in [0, 0.1) is 69.2 Å². The molecule has 0 saturated heterocycles. The Morgan fingerprint density at radius 2 is 0.643 bits per heavy atom. The van der Waals surface area contributed by atoms with Gasteiger partial charge in [0, 0.05) is 11.1 Å². The van der Waals surface area contributed by atoms with E-state index in [0.717, 1.165) is 22.8 Å². The molecule has 0 atom stereocenters. The zero-order chi connectivity index (χ0) is 20.9. The van der Waals surface area contributed by atoms with Gasteiger partial charge in [0.15, 0.2) is 11.6 Å². The SMILES string of the molecule is Cc1c(C)c(C)c(-c2ncnc(-c3c(C)c(C)c(C)c(C)c3C)n2)c(C)c1C. The van der Waals surface area contributed by atoms with E-state index in [9.17, 15) is 0 Å². The first-order chi connectivity index (χ1) is 13.1. The molecule has 0 aliphatic heterocycles. The van der Waals surface area contributed by atoms with Crippen molar-refractivity contribution in [2.75, 3.05) is 0 Å². The van der Waals surface area contributed by atoms with Crippen LogP contribution < -0.4 is 0 Å². The lowest BCUT2D eigenvalue weighted by molar-refractivity contribution is 1.04. The van der Waals surface area contributed by atoms with Crippen LogP contribution in [0.1, 0.15) is 55.6 Å². The molecule has 0 radical (unpaired) electrons. The van der Waals surface area contributed by atoms with Gasteiger partial charge in [0.2, 0.25) is 0 Å². The number of nitrogens with zero attached hydrogens (tertiary/aromatic N) is 3. The summed E-state index contributed by atoms with van der Waals surface area (Å²) >= 11 is 0. The van der Waals surface area contributed by atoms with Gasteiger partial charge in [0.1, 0.15) is 6.33 Å². The van der Waals surface area contributed by atoms with E-state index in [1.54, 1.807) is 6.33 Å². The zero-order valence-electron chi connectivity index (χ0n) is 18.9. The van der Waals surface area contributed by atoms with Gasteiger partial charge in [-0.15, -0.1) is 0 Å². The Hall–Kier alpha value is -2.55. The molecule has 0 aliphatic rings. The number of aromatic nitrogens is 3. The Bertz CT molecular complexity index is 965. The van der Waals surface area contributed by atoms with Crippen LogP contribution in [0.3, 0.4) is 0 Å². The third-order valence-corrected chi connectivity index (χ3v) is 7.02. The summed E-state index contributed by atoms with van der Waals surface area (Å²) in [5.74, 6) is 1.53. The third kappa shape index (κ3) is 2.94. The fourth-order valence-electron chi connectivity index (χ4n) is 4.21. The molecule has 3 rings (SSSR count). The van der Waals surface area contributed by atoms with Crippen molar-refractivity contribution in [3.8, 4) is 22.8 Å². The van der Waals surface area contributed by atoms with Crippen molar-refractivity contribution in [2.45, 2.75) is 69.2 Å². The summed E-state index contributed by atoms with van der Waals surface area (Å²) < 4.78 is 0. The Morgan fingerprint density at radius 1 is 0.393 bits per heavy atom. The predicted molar refractivity (Wildman–Crippen MR) is 118 cm³/mol. The number of hydrogen-bond donors (Lipinski definition) is 0. The number of rotatable bonds is 2. The quantitative estimate of drug-likeness (QED) is 0.530. The highest BCUT2D eigenvalue weighted by molar-refractivity contribution is 5.73. The minimum absolute atomic E-state index is 0.765. The first-order valence-corrected chi connectivity index (χ1v) is 9.91. The average molecular weight is 374 g/mol. The Balaban J connectivity index is 2.31. The van der Waals surface area contributed by atoms with Crippen LogP contribution in [-0.2, 0) is 0 Å². The van der Waals surface area contributed by atoms with E-state index in [1.165, 1.54) is 55.6 Å². The van der Waals surface area contributed by atoms with Crippen molar-refractivity contribution in [1.29, 1.82) is 0 Å². The first kappa shape index (κ1) is 20.2. The molecule has 0 fully saturated rings. The Kier molecular flexibility index (Phi) is 5.14. The van der Waals surface area contributed by atoms with Crippen LogP contribution in [0.25, 0.3) is 22.8 Å². The molecule has 146 valence electrons. The lowest BCUT2D eigenvalue weighted by Gasteiger charge is -2.19. The van der Waals surface area contributed by atoms with Gasteiger partial charge >= 0.3 is 0 Å². The lowest BCUT2D eigenvalue weighted by atomic mass is 9.88. The smallest absolute Gasteiger partial charge is 0.163 e. The van der Waals surface area contributed by atoms with E-state index < -0.39 is 0 Å². The molecule has 3 heteroatoms. The van der Waals surface area contributed by atoms with Crippen molar-refractivity contribution in [1.82, 2.24) is 15.0 Å². The van der Waals surface area contributed by atoms with Crippen LogP contribution >= 0.6 is 0 Å². The van der Waals surface area contributed by atoms with Crippen LogP contribution in [0.15, 0.2) is 6.33 Å². The molecule has 0 amide bonds. The van der Waals surface area contributed by atoms with Gasteiger partial charge in [0.25, 0.3) is 0 Å². The molecule has 0 unspecified atom stereocenters. The van der Waals surface area contributed by atoms with E-state index in [-0.39, 0.29) is 0 Å². The summed E-state index contributed by atoms with van der Waals surface area (Å²) in [5, 5.41) is 0. The van der Waals surface area contributed by atoms with Gasteiger partial charge in [-0.1, -0.05) is 0 Å². The maximum Gasteiger partial charge on any atom is 0.163 e. The molecule has 3 aromatic rings. The first-order valence-electron chi connectivity index (χ1n) is 9.91. The topological polar surface area (TPSA) is 38.7 Å². The van der Waals surface area contributed by atoms with Crippen molar-refractivity contribution in [3.05, 3.63) is 62.0 Å². The minimum Gasteiger partial charge on any atom is -0.216 e. The Labute approximate surface area is 169 Å². The summed E-state index contributed by atoms with van der Waals surface area (Å²) in [6.07, 6.45) is 1.66. The van der Waals surface area contributed by atoms with Gasteiger partial charge in [-0.2, -0.15) is 0 Å². The second kappa shape index (κ2) is 7.12. The molecule has 28 heavy (non-hydrogen) atoms. The predicted octanol–water partition coefficient (Wildman–Crippen LogP) is 6.29. The summed E-state index contributed by atoms with van der Waals surface area (Å²) in [6, 6.07) is 0. The van der Waals surface area contributed by atoms with E-state index in [2.05, 4.69) is 79.2 Å². The van der Waals surface area contributed by atoms with E-state index >= 15 is 0 Å². The van der Waals surface area contributed by atoms with Crippen LogP contribution in [0.2, 0.25) is 0 Å². The summed E-state index contributed by atoms with van der Waals surface area (Å²) in [6.45, 7) is 21.8. The van der Waals surface area contributed by atoms with E-state index in [1.807, 2.05) is 0 Å². The molecule has 0 aliphatic carbocycles. The largest absolute Gasteiger partial charge is 0.216 e. The minimum atomic E-state index is 0.765. The van der Waals surface area contributed by atoms with E-state index in [0.29, 0.717) is 0 Å². The maximum absolute atomic E-state index is 4.96. The third-order valence-electron chi connectivity index (χ3n) is 7.02. The molecule has 0 N–H and O–H groups in total. The fourth-order valence-corrected chi connectivity index (χ4v) is 4.21. The standard InChI is InChI=1S/C25H31N3/c1-12-14(3)18(7)22(19(8)15(12)4)24-26-11-27-25(28-24)23-20(9)16(5)13(2)17(6)21(23)10/h11H,1-10H3. The second-order valence-electron chi connectivity index (χ2n) is 8.13. The van der Waals surface area contributed by atoms with Crippen molar-refractivity contribution in [3.63, 3.8) is 0 Å². The van der Waals surface area contributed by atoms with Gasteiger partial charge in [-0.25, -0.2) is 15.0 Å². The molecular weight excluding hydrogens is 342 g/mol. The zero-order valence-corrected chi connectivity index (χ0v) is 18.9. The van der Waals surface area contributed by atoms with Crippen molar-refractivity contribution < 1.29 is 0 Å². The van der Waals surface area contributed by atoms with Crippen molar-refractivity contribution in [2.24, 2.45) is 0 Å². The highest BCUT2D eigenvalue weighted by Gasteiger charge is 2.19. The molecule has 0 spiro atoms. The van der Waals surface area contributed by atoms with Gasteiger partial charge in [-0.3, -0.25) is 0 Å². The molecule has 3 nitrogen and oxygen atoms in total. The van der Waals surface area contributed by atoms with Gasteiger partial charge in [-0.05, 0) is 125 Å². The highest BCUT2D eigenvalue weighted by Crippen LogP contribution is 2.35. The highest BCUT2D eigenvalue weighted by atomic mass is 15.0. The average Bonchev–Trinajstić information content (AvgIpc) is 2.68. The molecule has 1 aromatic heterocycles. The van der Waals surface area contributed by atoms with E-state index in [4.69, 9.17) is 4.98 Å².